The van der Waals surface area contributed by atoms with Crippen LogP contribution in [0.4, 0.5) is 5.69 Å². The second-order valence-corrected chi connectivity index (χ2v) is 5.13. The Morgan fingerprint density at radius 3 is 2.44 bits per heavy atom. The maximum Gasteiger partial charge on any atom is 0.0606 e. The van der Waals surface area contributed by atoms with Gasteiger partial charge in [-0.3, -0.25) is 0 Å². The van der Waals surface area contributed by atoms with Crippen LogP contribution in [-0.2, 0) is 0 Å². The third-order valence-corrected chi connectivity index (χ3v) is 3.51. The highest BCUT2D eigenvalue weighted by atomic mass is 35.5. The summed E-state index contributed by atoms with van der Waals surface area (Å²) in [5, 5.41) is 13.1. The van der Waals surface area contributed by atoms with Crippen molar-refractivity contribution < 1.29 is 5.11 Å². The number of anilines is 1. The van der Waals surface area contributed by atoms with Crippen LogP contribution < -0.4 is 10.2 Å². The molecule has 0 saturated carbocycles. The van der Waals surface area contributed by atoms with E-state index in [4.69, 9.17) is 16.7 Å². The number of rotatable bonds is 6. The molecule has 0 saturated heterocycles. The van der Waals surface area contributed by atoms with Crippen molar-refractivity contribution in [2.75, 3.05) is 25.1 Å². The SMILES string of the molecule is CNC(C)c1ccc(N(CCO)C(C)C)cc1Cl. The lowest BCUT2D eigenvalue weighted by Gasteiger charge is -2.29. The van der Waals surface area contributed by atoms with Gasteiger partial charge in [0.1, 0.15) is 0 Å². The third-order valence-electron chi connectivity index (χ3n) is 3.18. The maximum absolute atomic E-state index is 9.11. The van der Waals surface area contributed by atoms with Gasteiger partial charge in [-0.2, -0.15) is 0 Å². The average molecular weight is 271 g/mol. The zero-order valence-electron chi connectivity index (χ0n) is 11.6. The first-order chi connectivity index (χ1) is 8.51. The Labute approximate surface area is 115 Å². The smallest absolute Gasteiger partial charge is 0.0606 e. The van der Waals surface area contributed by atoms with Gasteiger partial charge >= 0.3 is 0 Å². The molecule has 18 heavy (non-hydrogen) atoms. The highest BCUT2D eigenvalue weighted by molar-refractivity contribution is 6.31. The molecule has 0 aromatic heterocycles. The van der Waals surface area contributed by atoms with E-state index in [9.17, 15) is 0 Å². The van der Waals surface area contributed by atoms with Gasteiger partial charge in [0.15, 0.2) is 0 Å². The van der Waals surface area contributed by atoms with E-state index in [1.165, 1.54) is 0 Å². The summed E-state index contributed by atoms with van der Waals surface area (Å²) in [5.41, 5.74) is 2.15. The largest absolute Gasteiger partial charge is 0.395 e. The van der Waals surface area contributed by atoms with Crippen LogP contribution in [0.5, 0.6) is 0 Å². The normalized spacial score (nSPS) is 12.8. The first-order valence-electron chi connectivity index (χ1n) is 6.35. The number of halogens is 1. The summed E-state index contributed by atoms with van der Waals surface area (Å²) in [6.07, 6.45) is 0. The van der Waals surface area contributed by atoms with E-state index in [0.29, 0.717) is 12.6 Å². The van der Waals surface area contributed by atoms with E-state index in [1.54, 1.807) is 0 Å². The van der Waals surface area contributed by atoms with Crippen LogP contribution in [0.25, 0.3) is 0 Å². The molecule has 3 nitrogen and oxygen atoms in total. The molecule has 2 N–H and O–H groups in total. The van der Waals surface area contributed by atoms with Crippen molar-refractivity contribution >= 4 is 17.3 Å². The molecule has 0 bridgehead atoms. The molecule has 1 atom stereocenters. The summed E-state index contributed by atoms with van der Waals surface area (Å²) in [5.74, 6) is 0. The van der Waals surface area contributed by atoms with Crippen molar-refractivity contribution in [3.63, 3.8) is 0 Å². The Balaban J connectivity index is 3.01. The summed E-state index contributed by atoms with van der Waals surface area (Å²) >= 11 is 6.32. The number of nitrogens with one attached hydrogen (secondary N) is 1. The molecule has 0 radical (unpaired) electrons. The van der Waals surface area contributed by atoms with Gasteiger partial charge in [-0.25, -0.2) is 0 Å². The summed E-state index contributed by atoms with van der Waals surface area (Å²) in [4.78, 5) is 2.14. The van der Waals surface area contributed by atoms with E-state index < -0.39 is 0 Å². The Hall–Kier alpha value is -0.770. The first kappa shape index (κ1) is 15.3. The van der Waals surface area contributed by atoms with E-state index in [2.05, 4.69) is 37.1 Å². The molecule has 1 rings (SSSR count). The van der Waals surface area contributed by atoms with Crippen LogP contribution in [0, 0.1) is 0 Å². The number of benzene rings is 1. The molecular formula is C14H23ClN2O. The molecule has 0 heterocycles. The topological polar surface area (TPSA) is 35.5 Å². The van der Waals surface area contributed by atoms with E-state index in [1.807, 2.05) is 19.2 Å². The number of hydrogen-bond acceptors (Lipinski definition) is 3. The molecule has 0 fully saturated rings. The van der Waals surface area contributed by atoms with Gasteiger partial charge in [0.25, 0.3) is 0 Å². The number of aliphatic hydroxyl groups excluding tert-OH is 1. The van der Waals surface area contributed by atoms with Gasteiger partial charge < -0.3 is 15.3 Å². The molecule has 1 aromatic rings. The molecule has 0 spiro atoms. The van der Waals surface area contributed by atoms with Gasteiger partial charge in [-0.05, 0) is 45.5 Å². The standard InChI is InChI=1S/C14H23ClN2O/c1-10(2)17(7-8-18)12-5-6-13(11(3)16-4)14(15)9-12/h5-6,9-11,16,18H,7-8H2,1-4H3. The van der Waals surface area contributed by atoms with E-state index >= 15 is 0 Å². The van der Waals surface area contributed by atoms with Gasteiger partial charge in [-0.15, -0.1) is 0 Å². The van der Waals surface area contributed by atoms with Crippen LogP contribution >= 0.6 is 11.6 Å². The van der Waals surface area contributed by atoms with E-state index in [-0.39, 0.29) is 12.6 Å². The summed E-state index contributed by atoms with van der Waals surface area (Å²) in [6.45, 7) is 7.05. The van der Waals surface area contributed by atoms with Crippen LogP contribution in [0.3, 0.4) is 0 Å². The Kier molecular flexibility index (Phi) is 5.93. The molecule has 1 aromatic carbocycles. The fraction of sp³-hybridized carbons (Fsp3) is 0.571. The van der Waals surface area contributed by atoms with Crippen molar-refractivity contribution in [3.8, 4) is 0 Å². The summed E-state index contributed by atoms with van der Waals surface area (Å²) < 4.78 is 0. The molecule has 4 heteroatoms. The quantitative estimate of drug-likeness (QED) is 0.834. The summed E-state index contributed by atoms with van der Waals surface area (Å²) in [6, 6.07) is 6.65. The zero-order valence-corrected chi connectivity index (χ0v) is 12.3. The van der Waals surface area contributed by atoms with Crippen molar-refractivity contribution in [1.29, 1.82) is 0 Å². The van der Waals surface area contributed by atoms with Crippen molar-refractivity contribution in [3.05, 3.63) is 28.8 Å². The van der Waals surface area contributed by atoms with Gasteiger partial charge in [0.2, 0.25) is 0 Å². The third kappa shape index (κ3) is 3.61. The molecule has 102 valence electrons. The molecule has 0 aliphatic rings. The van der Waals surface area contributed by atoms with E-state index in [0.717, 1.165) is 16.3 Å². The van der Waals surface area contributed by atoms with Crippen molar-refractivity contribution in [2.45, 2.75) is 32.9 Å². The zero-order chi connectivity index (χ0) is 13.7. The monoisotopic (exact) mass is 270 g/mol. The first-order valence-corrected chi connectivity index (χ1v) is 6.73. The Morgan fingerprint density at radius 2 is 2.00 bits per heavy atom. The maximum atomic E-state index is 9.11. The lowest BCUT2D eigenvalue weighted by molar-refractivity contribution is 0.299. The van der Waals surface area contributed by atoms with Crippen molar-refractivity contribution in [2.24, 2.45) is 0 Å². The second-order valence-electron chi connectivity index (χ2n) is 4.73. The van der Waals surface area contributed by atoms with Gasteiger partial charge in [0.05, 0.1) is 6.61 Å². The lowest BCUT2D eigenvalue weighted by Crippen LogP contribution is -2.33. The Bertz CT molecular complexity index is 382. The second kappa shape index (κ2) is 6.98. The highest BCUT2D eigenvalue weighted by Crippen LogP contribution is 2.28. The minimum absolute atomic E-state index is 0.143. The molecular weight excluding hydrogens is 248 g/mol. The minimum Gasteiger partial charge on any atom is -0.395 e. The molecule has 0 aliphatic heterocycles. The highest BCUT2D eigenvalue weighted by Gasteiger charge is 2.13. The molecule has 0 aliphatic carbocycles. The van der Waals surface area contributed by atoms with Gasteiger partial charge in [-0.1, -0.05) is 17.7 Å². The predicted octanol–water partition coefficient (Wildman–Crippen LogP) is 2.83. The fourth-order valence-electron chi connectivity index (χ4n) is 1.99. The molecule has 1 unspecified atom stereocenters. The predicted molar refractivity (Wildman–Crippen MR) is 78.5 cm³/mol. The van der Waals surface area contributed by atoms with Crippen LogP contribution in [0.1, 0.15) is 32.4 Å². The van der Waals surface area contributed by atoms with Crippen LogP contribution in [0.15, 0.2) is 18.2 Å². The number of aliphatic hydroxyl groups is 1. The number of hydrogen-bond donors (Lipinski definition) is 2. The minimum atomic E-state index is 0.143. The van der Waals surface area contributed by atoms with Gasteiger partial charge in [0, 0.05) is 29.3 Å². The number of nitrogens with zero attached hydrogens (tertiary/aromatic N) is 1. The molecule has 0 amide bonds. The Morgan fingerprint density at radius 1 is 1.33 bits per heavy atom. The van der Waals surface area contributed by atoms with Crippen LogP contribution in [0.2, 0.25) is 5.02 Å². The van der Waals surface area contributed by atoms with Crippen LogP contribution in [-0.4, -0.2) is 31.3 Å². The summed E-state index contributed by atoms with van der Waals surface area (Å²) in [7, 11) is 1.92. The fourth-order valence-corrected chi connectivity index (χ4v) is 2.33. The van der Waals surface area contributed by atoms with Crippen molar-refractivity contribution in [1.82, 2.24) is 5.32 Å². The average Bonchev–Trinajstić information content (AvgIpc) is 2.34. The lowest BCUT2D eigenvalue weighted by atomic mass is 10.1.